The van der Waals surface area contributed by atoms with Gasteiger partial charge in [0.25, 0.3) is 10.0 Å². The van der Waals surface area contributed by atoms with Crippen molar-refractivity contribution in [2.75, 3.05) is 0 Å². The Bertz CT molecular complexity index is 737. The van der Waals surface area contributed by atoms with Gasteiger partial charge in [-0.15, -0.1) is 11.3 Å². The molecule has 0 spiro atoms. The largest absolute Gasteiger partial charge is 0.279 e. The van der Waals surface area contributed by atoms with Crippen molar-refractivity contribution >= 4 is 37.9 Å². The summed E-state index contributed by atoms with van der Waals surface area (Å²) in [5, 5.41) is 1.97. The molecular weight excluding hydrogens is 318 g/mol. The van der Waals surface area contributed by atoms with E-state index in [4.69, 9.17) is 11.6 Å². The van der Waals surface area contributed by atoms with Crippen molar-refractivity contribution in [3.63, 3.8) is 0 Å². The summed E-state index contributed by atoms with van der Waals surface area (Å²) in [6.45, 7) is 3.97. The lowest BCUT2D eigenvalue weighted by Gasteiger charge is -2.26. The fraction of sp³-hybridized carbons (Fsp3) is 0.583. The zero-order chi connectivity index (χ0) is 14.5. The van der Waals surface area contributed by atoms with Gasteiger partial charge in [0.2, 0.25) is 0 Å². The minimum Gasteiger partial charge on any atom is -0.279 e. The predicted molar refractivity (Wildman–Crippen MR) is 79.9 cm³/mol. The Morgan fingerprint density at radius 2 is 2.25 bits per heavy atom. The molecule has 1 fully saturated rings. The van der Waals surface area contributed by atoms with Gasteiger partial charge in [0.05, 0.1) is 0 Å². The third-order valence-electron chi connectivity index (χ3n) is 3.88. The molecular formula is C12H16ClN3O2S2. The highest BCUT2D eigenvalue weighted by Crippen LogP contribution is 2.35. The van der Waals surface area contributed by atoms with Gasteiger partial charge in [-0.25, -0.2) is 13.4 Å². The van der Waals surface area contributed by atoms with Gasteiger partial charge < -0.3 is 0 Å². The summed E-state index contributed by atoms with van der Waals surface area (Å²) < 4.78 is 29.2. The summed E-state index contributed by atoms with van der Waals surface area (Å²) in [4.78, 5) is 4.73. The van der Waals surface area contributed by atoms with Gasteiger partial charge >= 0.3 is 0 Å². The van der Waals surface area contributed by atoms with Crippen molar-refractivity contribution in [2.24, 2.45) is 0 Å². The maximum atomic E-state index is 13.0. The van der Waals surface area contributed by atoms with Crippen LogP contribution < -0.4 is 0 Å². The molecule has 3 heterocycles. The molecule has 2 aromatic rings. The van der Waals surface area contributed by atoms with Crippen molar-refractivity contribution in [1.82, 2.24) is 13.7 Å². The molecule has 8 heteroatoms. The van der Waals surface area contributed by atoms with Gasteiger partial charge in [-0.1, -0.05) is 18.5 Å². The number of aromatic nitrogens is 2. The quantitative estimate of drug-likeness (QED) is 0.867. The molecule has 20 heavy (non-hydrogen) atoms. The lowest BCUT2D eigenvalue weighted by atomic mass is 10.2. The van der Waals surface area contributed by atoms with Crippen LogP contribution in [0.15, 0.2) is 16.6 Å². The summed E-state index contributed by atoms with van der Waals surface area (Å²) >= 11 is 7.45. The first-order valence-corrected chi connectivity index (χ1v) is 9.31. The monoisotopic (exact) mass is 333 g/mol. The number of halogens is 1. The van der Waals surface area contributed by atoms with Gasteiger partial charge in [-0.2, -0.15) is 4.31 Å². The van der Waals surface area contributed by atoms with Gasteiger partial charge in [-0.05, 0) is 26.2 Å². The molecule has 0 amide bonds. The summed E-state index contributed by atoms with van der Waals surface area (Å²) in [6.07, 6.45) is 4.31. The first-order chi connectivity index (χ1) is 9.46. The highest BCUT2D eigenvalue weighted by Gasteiger charge is 2.41. The second-order valence-electron chi connectivity index (χ2n) is 5.09. The number of imidazole rings is 1. The maximum absolute atomic E-state index is 13.0. The Kier molecular flexibility index (Phi) is 3.56. The molecule has 0 bridgehead atoms. The van der Waals surface area contributed by atoms with Crippen LogP contribution in [-0.2, 0) is 10.0 Å². The number of thiazole rings is 1. The van der Waals surface area contributed by atoms with Crippen molar-refractivity contribution < 1.29 is 8.42 Å². The Balaban J connectivity index is 2.16. The number of hydrogen-bond acceptors (Lipinski definition) is 4. The zero-order valence-electron chi connectivity index (χ0n) is 11.3. The molecule has 1 saturated heterocycles. The fourth-order valence-corrected chi connectivity index (χ4v) is 6.30. The standard InChI is InChI=1S/C12H16ClN3O2S2/c1-3-9-5-4-8(2)16(9)20(17,18)11-10(13)14-12-15(11)6-7-19-12/h6-9H,3-5H2,1-2H3. The Morgan fingerprint density at radius 1 is 1.50 bits per heavy atom. The van der Waals surface area contributed by atoms with Crippen molar-refractivity contribution in [2.45, 2.75) is 50.2 Å². The molecule has 0 aliphatic carbocycles. The molecule has 0 radical (unpaired) electrons. The van der Waals surface area contributed by atoms with E-state index in [9.17, 15) is 8.42 Å². The van der Waals surface area contributed by atoms with Gasteiger partial charge in [-0.3, -0.25) is 4.40 Å². The molecule has 2 aromatic heterocycles. The molecule has 1 aliphatic rings. The second kappa shape index (κ2) is 4.98. The number of nitrogens with zero attached hydrogens (tertiary/aromatic N) is 3. The van der Waals surface area contributed by atoms with E-state index in [0.29, 0.717) is 4.96 Å². The van der Waals surface area contributed by atoms with E-state index in [0.717, 1.165) is 19.3 Å². The van der Waals surface area contributed by atoms with Crippen LogP contribution in [0, 0.1) is 0 Å². The SMILES string of the molecule is CCC1CCC(C)N1S(=O)(=O)c1c(Cl)nc2sccn12. The van der Waals surface area contributed by atoms with Crippen LogP contribution in [0.25, 0.3) is 4.96 Å². The number of sulfonamides is 1. The highest BCUT2D eigenvalue weighted by atomic mass is 35.5. The summed E-state index contributed by atoms with van der Waals surface area (Å²) in [5.41, 5.74) is 0. The number of hydrogen-bond donors (Lipinski definition) is 0. The summed E-state index contributed by atoms with van der Waals surface area (Å²) in [7, 11) is -3.62. The van der Waals surface area contributed by atoms with Crippen LogP contribution in [-0.4, -0.2) is 34.2 Å². The zero-order valence-corrected chi connectivity index (χ0v) is 13.7. The molecule has 0 saturated carbocycles. The molecule has 1 aliphatic heterocycles. The van der Waals surface area contributed by atoms with Crippen LogP contribution in [0.3, 0.4) is 0 Å². The van der Waals surface area contributed by atoms with E-state index < -0.39 is 10.0 Å². The van der Waals surface area contributed by atoms with Crippen LogP contribution in [0.1, 0.15) is 33.1 Å². The van der Waals surface area contributed by atoms with Crippen LogP contribution in [0.2, 0.25) is 5.15 Å². The molecule has 2 atom stereocenters. The Hall–Kier alpha value is -0.630. The van der Waals surface area contributed by atoms with E-state index >= 15 is 0 Å². The molecule has 110 valence electrons. The van der Waals surface area contributed by atoms with Crippen molar-refractivity contribution in [1.29, 1.82) is 0 Å². The Labute approximate surface area is 127 Å². The molecule has 0 aromatic carbocycles. The minimum absolute atomic E-state index is 0.00482. The van der Waals surface area contributed by atoms with E-state index in [1.807, 2.05) is 19.2 Å². The van der Waals surface area contributed by atoms with Gasteiger partial charge in [0.15, 0.2) is 15.1 Å². The first kappa shape index (κ1) is 14.3. The van der Waals surface area contributed by atoms with Crippen molar-refractivity contribution in [3.8, 4) is 0 Å². The summed E-state index contributed by atoms with van der Waals surface area (Å²) in [5.74, 6) is 0. The normalized spacial score (nSPS) is 24.8. The van der Waals surface area contributed by atoms with E-state index in [1.165, 1.54) is 11.3 Å². The Morgan fingerprint density at radius 3 is 2.95 bits per heavy atom. The molecule has 0 N–H and O–H groups in total. The minimum atomic E-state index is -3.62. The third-order valence-corrected chi connectivity index (χ3v) is 7.11. The topological polar surface area (TPSA) is 54.7 Å². The number of fused-ring (bicyclic) bond motifs is 1. The van der Waals surface area contributed by atoms with E-state index in [2.05, 4.69) is 4.98 Å². The van der Waals surface area contributed by atoms with Gasteiger partial charge in [0, 0.05) is 23.7 Å². The first-order valence-electron chi connectivity index (χ1n) is 6.61. The van der Waals surface area contributed by atoms with Crippen LogP contribution in [0.5, 0.6) is 0 Å². The van der Waals surface area contributed by atoms with Crippen LogP contribution in [0.4, 0.5) is 0 Å². The average Bonchev–Trinajstić information content (AvgIpc) is 3.02. The fourth-order valence-electron chi connectivity index (χ4n) is 2.93. The lowest BCUT2D eigenvalue weighted by molar-refractivity contribution is 0.327. The predicted octanol–water partition coefficient (Wildman–Crippen LogP) is 3.00. The maximum Gasteiger partial charge on any atom is 0.262 e. The lowest BCUT2D eigenvalue weighted by Crippen LogP contribution is -2.40. The second-order valence-corrected chi connectivity index (χ2v) is 8.08. The molecule has 3 rings (SSSR count). The average molecular weight is 334 g/mol. The summed E-state index contributed by atoms with van der Waals surface area (Å²) in [6, 6.07) is 0.0560. The smallest absolute Gasteiger partial charge is 0.262 e. The highest BCUT2D eigenvalue weighted by molar-refractivity contribution is 7.89. The van der Waals surface area contributed by atoms with E-state index in [-0.39, 0.29) is 22.3 Å². The van der Waals surface area contributed by atoms with Gasteiger partial charge in [0.1, 0.15) is 0 Å². The van der Waals surface area contributed by atoms with Crippen LogP contribution >= 0.6 is 22.9 Å². The third kappa shape index (κ3) is 1.99. The molecule has 2 unspecified atom stereocenters. The number of rotatable bonds is 3. The van der Waals surface area contributed by atoms with E-state index in [1.54, 1.807) is 14.9 Å². The van der Waals surface area contributed by atoms with Crippen molar-refractivity contribution in [3.05, 3.63) is 16.7 Å². The molecule has 5 nitrogen and oxygen atoms in total.